The van der Waals surface area contributed by atoms with E-state index in [1.54, 1.807) is 6.07 Å². The van der Waals surface area contributed by atoms with Crippen LogP contribution in [0.3, 0.4) is 0 Å². The van der Waals surface area contributed by atoms with Gasteiger partial charge in [-0.15, -0.1) is 0 Å². The van der Waals surface area contributed by atoms with E-state index < -0.39 is 0 Å². The number of nitrogens with one attached hydrogen (secondary N) is 1. The average Bonchev–Trinajstić information content (AvgIpc) is 2.44. The van der Waals surface area contributed by atoms with E-state index in [9.17, 15) is 4.39 Å². The van der Waals surface area contributed by atoms with Crippen molar-refractivity contribution in [2.45, 2.75) is 39.0 Å². The van der Waals surface area contributed by atoms with Gasteiger partial charge >= 0.3 is 0 Å². The second kappa shape index (κ2) is 6.36. The number of hydrogen-bond donors (Lipinski definition) is 1. The summed E-state index contributed by atoms with van der Waals surface area (Å²) in [5, 5.41) is 5.20. The van der Waals surface area contributed by atoms with Gasteiger partial charge in [0, 0.05) is 5.39 Å². The van der Waals surface area contributed by atoms with Gasteiger partial charge in [0.05, 0.1) is 0 Å². The minimum Gasteiger partial charge on any atom is -0.317 e. The van der Waals surface area contributed by atoms with Crippen molar-refractivity contribution >= 4 is 10.8 Å². The van der Waals surface area contributed by atoms with Crippen LogP contribution in [0.4, 0.5) is 4.39 Å². The zero-order valence-electron chi connectivity index (χ0n) is 12.7. The number of rotatable bonds is 6. The van der Waals surface area contributed by atoms with Crippen LogP contribution in [-0.2, 0) is 5.41 Å². The first-order valence-corrected chi connectivity index (χ1v) is 7.44. The van der Waals surface area contributed by atoms with Crippen LogP contribution >= 0.6 is 0 Å². The molecule has 20 heavy (non-hydrogen) atoms. The Hall–Kier alpha value is -1.41. The molecule has 0 aliphatic rings. The molecule has 0 aliphatic heterocycles. The Morgan fingerprint density at radius 1 is 1.00 bits per heavy atom. The van der Waals surface area contributed by atoms with Crippen molar-refractivity contribution in [3.05, 3.63) is 47.8 Å². The van der Waals surface area contributed by atoms with Crippen molar-refractivity contribution in [1.82, 2.24) is 5.32 Å². The third-order valence-corrected chi connectivity index (χ3v) is 3.95. The van der Waals surface area contributed by atoms with Crippen LogP contribution < -0.4 is 5.32 Å². The molecule has 0 heterocycles. The van der Waals surface area contributed by atoms with Gasteiger partial charge in [-0.25, -0.2) is 4.39 Å². The molecule has 108 valence electrons. The summed E-state index contributed by atoms with van der Waals surface area (Å²) in [6, 6.07) is 11.3. The minimum absolute atomic E-state index is 0.0358. The first-order chi connectivity index (χ1) is 9.56. The van der Waals surface area contributed by atoms with Gasteiger partial charge < -0.3 is 5.32 Å². The smallest absolute Gasteiger partial charge is 0.131 e. The minimum atomic E-state index is -0.135. The fraction of sp³-hybridized carbons (Fsp3) is 0.444. The van der Waals surface area contributed by atoms with Crippen molar-refractivity contribution in [2.24, 2.45) is 0 Å². The summed E-state index contributed by atoms with van der Waals surface area (Å²) in [5.41, 5.74) is 1.27. The predicted octanol–water partition coefficient (Wildman–Crippen LogP) is 4.65. The number of halogens is 1. The monoisotopic (exact) mass is 273 g/mol. The Morgan fingerprint density at radius 2 is 1.70 bits per heavy atom. The molecular weight excluding hydrogens is 249 g/mol. The van der Waals surface area contributed by atoms with E-state index in [-0.39, 0.29) is 11.2 Å². The summed E-state index contributed by atoms with van der Waals surface area (Å²) >= 11 is 0. The van der Waals surface area contributed by atoms with Crippen molar-refractivity contribution in [1.29, 1.82) is 0 Å². The SMILES string of the molecule is CCCNCCC(C)(C)c1ccc(F)c2ccccc12. The normalized spacial score (nSPS) is 12.0. The van der Waals surface area contributed by atoms with Crippen LogP contribution in [0.25, 0.3) is 10.8 Å². The molecule has 2 aromatic rings. The molecule has 0 radical (unpaired) electrons. The summed E-state index contributed by atoms with van der Waals surface area (Å²) in [7, 11) is 0. The molecule has 0 saturated heterocycles. The van der Waals surface area contributed by atoms with Crippen molar-refractivity contribution in [3.8, 4) is 0 Å². The van der Waals surface area contributed by atoms with E-state index in [1.165, 1.54) is 5.56 Å². The van der Waals surface area contributed by atoms with Gasteiger partial charge in [-0.2, -0.15) is 0 Å². The second-order valence-electron chi connectivity index (χ2n) is 6.02. The molecule has 2 aromatic carbocycles. The van der Waals surface area contributed by atoms with E-state index in [0.717, 1.165) is 36.7 Å². The zero-order chi connectivity index (χ0) is 14.6. The third-order valence-electron chi connectivity index (χ3n) is 3.95. The molecule has 0 aromatic heterocycles. The molecule has 0 unspecified atom stereocenters. The van der Waals surface area contributed by atoms with Crippen LogP contribution in [-0.4, -0.2) is 13.1 Å². The molecule has 1 N–H and O–H groups in total. The lowest BCUT2D eigenvalue weighted by molar-refractivity contribution is 0.460. The van der Waals surface area contributed by atoms with E-state index >= 15 is 0 Å². The topological polar surface area (TPSA) is 12.0 Å². The summed E-state index contributed by atoms with van der Waals surface area (Å²) in [6.45, 7) is 8.69. The molecule has 0 spiro atoms. The van der Waals surface area contributed by atoms with Crippen molar-refractivity contribution in [2.75, 3.05) is 13.1 Å². The quantitative estimate of drug-likeness (QED) is 0.756. The molecular formula is C18H24FN. The van der Waals surface area contributed by atoms with Crippen LogP contribution in [0.1, 0.15) is 39.2 Å². The fourth-order valence-electron chi connectivity index (χ4n) is 2.69. The lowest BCUT2D eigenvalue weighted by atomic mass is 9.79. The highest BCUT2D eigenvalue weighted by Gasteiger charge is 2.23. The van der Waals surface area contributed by atoms with Crippen molar-refractivity contribution < 1.29 is 4.39 Å². The molecule has 0 fully saturated rings. The first-order valence-electron chi connectivity index (χ1n) is 7.44. The number of fused-ring (bicyclic) bond motifs is 1. The highest BCUT2D eigenvalue weighted by atomic mass is 19.1. The van der Waals surface area contributed by atoms with E-state index in [4.69, 9.17) is 0 Å². The molecule has 0 saturated carbocycles. The molecule has 0 atom stereocenters. The standard InChI is InChI=1S/C18H24FN/c1-4-12-20-13-11-18(2,3)16-9-10-17(19)15-8-6-5-7-14(15)16/h5-10,20H,4,11-13H2,1-3H3. The van der Waals surface area contributed by atoms with Crippen LogP contribution in [0.5, 0.6) is 0 Å². The molecule has 0 bridgehead atoms. The number of benzene rings is 2. The Labute approximate surface area is 121 Å². The van der Waals surface area contributed by atoms with Crippen LogP contribution in [0.2, 0.25) is 0 Å². The average molecular weight is 273 g/mol. The predicted molar refractivity (Wildman–Crippen MR) is 84.7 cm³/mol. The van der Waals surface area contributed by atoms with Gasteiger partial charge in [-0.1, -0.05) is 51.1 Å². The molecule has 0 aliphatic carbocycles. The van der Waals surface area contributed by atoms with Gasteiger partial charge in [0.15, 0.2) is 0 Å². The fourth-order valence-corrected chi connectivity index (χ4v) is 2.69. The Morgan fingerprint density at radius 3 is 2.40 bits per heavy atom. The Kier molecular flexibility index (Phi) is 4.77. The molecule has 0 amide bonds. The van der Waals surface area contributed by atoms with E-state index in [2.05, 4.69) is 26.1 Å². The Bertz CT molecular complexity index is 575. The summed E-state index contributed by atoms with van der Waals surface area (Å²) in [6.07, 6.45) is 2.20. The van der Waals surface area contributed by atoms with Gasteiger partial charge in [-0.05, 0) is 48.4 Å². The third kappa shape index (κ3) is 3.18. The molecule has 2 rings (SSSR count). The van der Waals surface area contributed by atoms with Crippen molar-refractivity contribution in [3.63, 3.8) is 0 Å². The van der Waals surface area contributed by atoms with Gasteiger partial charge in [0.1, 0.15) is 5.82 Å². The highest BCUT2D eigenvalue weighted by molar-refractivity contribution is 5.87. The lowest BCUT2D eigenvalue weighted by Crippen LogP contribution is -2.26. The Balaban J connectivity index is 2.29. The van der Waals surface area contributed by atoms with Crippen LogP contribution in [0, 0.1) is 5.82 Å². The molecule has 1 nitrogen and oxygen atoms in total. The van der Waals surface area contributed by atoms with Gasteiger partial charge in [0.2, 0.25) is 0 Å². The van der Waals surface area contributed by atoms with Crippen LogP contribution in [0.15, 0.2) is 36.4 Å². The highest BCUT2D eigenvalue weighted by Crippen LogP contribution is 2.33. The van der Waals surface area contributed by atoms with Gasteiger partial charge in [-0.3, -0.25) is 0 Å². The number of hydrogen-bond acceptors (Lipinski definition) is 1. The largest absolute Gasteiger partial charge is 0.317 e. The molecule has 2 heteroatoms. The van der Waals surface area contributed by atoms with E-state index in [0.29, 0.717) is 0 Å². The maximum atomic E-state index is 13.9. The maximum absolute atomic E-state index is 13.9. The van der Waals surface area contributed by atoms with E-state index in [1.807, 2.05) is 30.3 Å². The zero-order valence-corrected chi connectivity index (χ0v) is 12.7. The first kappa shape index (κ1) is 15.0. The summed E-state index contributed by atoms with van der Waals surface area (Å²) < 4.78 is 13.9. The van der Waals surface area contributed by atoms with Gasteiger partial charge in [0.25, 0.3) is 0 Å². The summed E-state index contributed by atoms with van der Waals surface area (Å²) in [4.78, 5) is 0. The lowest BCUT2D eigenvalue weighted by Gasteiger charge is -2.27. The second-order valence-corrected chi connectivity index (χ2v) is 6.02. The summed E-state index contributed by atoms with van der Waals surface area (Å²) in [5.74, 6) is -0.135. The maximum Gasteiger partial charge on any atom is 0.131 e.